The Morgan fingerprint density at radius 3 is 2.24 bits per heavy atom. The molecule has 1 aromatic rings. The molecule has 1 saturated carbocycles. The second-order valence-corrected chi connectivity index (χ2v) is 12.5. The number of likely N-dealkylation sites (tertiary alicyclic amines) is 1. The summed E-state index contributed by atoms with van der Waals surface area (Å²) in [6.07, 6.45) is 7.00. The summed E-state index contributed by atoms with van der Waals surface area (Å²) in [5, 5.41) is 2.67. The van der Waals surface area contributed by atoms with Crippen LogP contribution in [0.5, 0.6) is 0 Å². The van der Waals surface area contributed by atoms with Crippen LogP contribution in [-0.4, -0.2) is 82.0 Å². The fraction of sp³-hybridized carbons (Fsp3) is 0.769. The molecule has 3 heterocycles. The first-order chi connectivity index (χ1) is 17.2. The Hall–Kier alpha value is -2.40. The van der Waals surface area contributed by atoms with Gasteiger partial charge in [-0.3, -0.25) is 4.79 Å². The third-order valence-corrected chi connectivity index (χ3v) is 7.56. The van der Waals surface area contributed by atoms with Crippen molar-refractivity contribution in [2.75, 3.05) is 18.0 Å². The van der Waals surface area contributed by atoms with Gasteiger partial charge in [0.1, 0.15) is 11.6 Å². The van der Waals surface area contributed by atoms with Crippen LogP contribution in [0.25, 0.3) is 0 Å². The van der Waals surface area contributed by atoms with E-state index in [2.05, 4.69) is 10.2 Å². The number of aromatic nitrogens is 2. The smallest absolute Gasteiger partial charge is 0.444 e. The SMILES string of the molecule is CC(NC(=O)OC(C)(C)C)C(=O)N1CCC[C@H](N(c2ncc(B3OC(C)(C)C(C)(C)O3)cn2)C2CC2)C1. The van der Waals surface area contributed by atoms with Crippen LogP contribution in [0.15, 0.2) is 12.4 Å². The highest BCUT2D eigenvalue weighted by Gasteiger charge is 2.52. The van der Waals surface area contributed by atoms with Crippen molar-refractivity contribution in [2.24, 2.45) is 0 Å². The van der Waals surface area contributed by atoms with Crippen LogP contribution in [0, 0.1) is 0 Å². The minimum atomic E-state index is -0.668. The lowest BCUT2D eigenvalue weighted by molar-refractivity contribution is -0.134. The molecular weight excluding hydrogens is 473 g/mol. The summed E-state index contributed by atoms with van der Waals surface area (Å²) in [6.45, 7) is 16.4. The first kappa shape index (κ1) is 27.6. The summed E-state index contributed by atoms with van der Waals surface area (Å²) >= 11 is 0. The predicted octanol–water partition coefficient (Wildman–Crippen LogP) is 2.65. The molecule has 37 heavy (non-hydrogen) atoms. The van der Waals surface area contributed by atoms with Gasteiger partial charge in [0.05, 0.1) is 11.2 Å². The van der Waals surface area contributed by atoms with Gasteiger partial charge in [-0.2, -0.15) is 0 Å². The molecule has 0 radical (unpaired) electrons. The Kier molecular flexibility index (Phi) is 7.51. The first-order valence-corrected chi connectivity index (χ1v) is 13.4. The van der Waals surface area contributed by atoms with E-state index >= 15 is 0 Å². The number of hydrogen-bond donors (Lipinski definition) is 1. The zero-order valence-electron chi connectivity index (χ0n) is 23.5. The zero-order valence-corrected chi connectivity index (χ0v) is 23.5. The molecule has 2 aliphatic heterocycles. The van der Waals surface area contributed by atoms with E-state index in [9.17, 15) is 9.59 Å². The number of amides is 2. The first-order valence-electron chi connectivity index (χ1n) is 13.4. The molecule has 204 valence electrons. The Labute approximate surface area is 221 Å². The maximum absolute atomic E-state index is 13.2. The summed E-state index contributed by atoms with van der Waals surface area (Å²) in [6, 6.07) is -0.180. The number of piperidine rings is 1. The van der Waals surface area contributed by atoms with Gasteiger partial charge in [0.15, 0.2) is 0 Å². The molecule has 2 atom stereocenters. The van der Waals surface area contributed by atoms with E-state index in [1.165, 1.54) is 0 Å². The standard InChI is InChI=1S/C26H42BN5O5/c1-17(30-23(34)35-24(2,3)4)21(33)31-13-9-10-20(16-31)32(19-11-12-19)22-28-14-18(15-29-22)27-36-25(5,6)26(7,8)37-27/h14-15,17,19-20H,9-13,16H2,1-8H3,(H,30,34)/t17?,20-/m0/s1. The van der Waals surface area contributed by atoms with Crippen molar-refractivity contribution in [2.45, 2.75) is 116 Å². The van der Waals surface area contributed by atoms with E-state index in [0.717, 1.165) is 31.1 Å². The lowest BCUT2D eigenvalue weighted by atomic mass is 9.81. The lowest BCUT2D eigenvalue weighted by Gasteiger charge is -2.40. The van der Waals surface area contributed by atoms with Gasteiger partial charge in [-0.25, -0.2) is 14.8 Å². The lowest BCUT2D eigenvalue weighted by Crippen LogP contribution is -2.55. The van der Waals surface area contributed by atoms with Crippen LogP contribution < -0.4 is 15.7 Å². The predicted molar refractivity (Wildman–Crippen MR) is 142 cm³/mol. The van der Waals surface area contributed by atoms with Crippen LogP contribution in [0.2, 0.25) is 0 Å². The van der Waals surface area contributed by atoms with Crippen LogP contribution in [0.3, 0.4) is 0 Å². The summed E-state index contributed by atoms with van der Waals surface area (Å²) in [4.78, 5) is 38.9. The molecule has 4 rings (SSSR count). The van der Waals surface area contributed by atoms with E-state index in [-0.39, 0.29) is 11.9 Å². The van der Waals surface area contributed by atoms with Gasteiger partial charge in [0.25, 0.3) is 0 Å². The number of alkyl carbamates (subject to hydrolysis) is 1. The minimum absolute atomic E-state index is 0.108. The molecule has 1 N–H and O–H groups in total. The van der Waals surface area contributed by atoms with Gasteiger partial charge >= 0.3 is 13.2 Å². The number of carbonyl (C=O) groups excluding carboxylic acids is 2. The van der Waals surface area contributed by atoms with E-state index in [1.807, 2.05) is 32.6 Å². The molecule has 1 unspecified atom stereocenters. The van der Waals surface area contributed by atoms with E-state index in [0.29, 0.717) is 25.1 Å². The van der Waals surface area contributed by atoms with Crippen molar-refractivity contribution < 1.29 is 23.6 Å². The number of nitrogens with zero attached hydrogens (tertiary/aromatic N) is 4. The number of anilines is 1. The van der Waals surface area contributed by atoms with Crippen molar-refractivity contribution in [1.82, 2.24) is 20.2 Å². The highest BCUT2D eigenvalue weighted by molar-refractivity contribution is 6.61. The number of carbonyl (C=O) groups is 2. The van der Waals surface area contributed by atoms with Crippen LogP contribution >= 0.6 is 0 Å². The van der Waals surface area contributed by atoms with Gasteiger partial charge < -0.3 is 29.2 Å². The molecule has 0 aromatic carbocycles. The van der Waals surface area contributed by atoms with Gasteiger partial charge in [0, 0.05) is 43.0 Å². The summed E-state index contributed by atoms with van der Waals surface area (Å²) in [5.74, 6) is 0.560. The van der Waals surface area contributed by atoms with Crippen LogP contribution in [-0.2, 0) is 18.8 Å². The average Bonchev–Trinajstić information content (AvgIpc) is 3.59. The molecule has 3 fully saturated rings. The zero-order chi connectivity index (χ0) is 27.2. The van der Waals surface area contributed by atoms with Gasteiger partial charge in [-0.15, -0.1) is 0 Å². The van der Waals surface area contributed by atoms with Crippen molar-refractivity contribution >= 4 is 30.5 Å². The average molecular weight is 515 g/mol. The maximum Gasteiger partial charge on any atom is 0.498 e. The molecule has 0 spiro atoms. The third-order valence-electron chi connectivity index (χ3n) is 7.56. The summed E-state index contributed by atoms with van der Waals surface area (Å²) < 4.78 is 17.6. The number of nitrogens with one attached hydrogen (secondary N) is 1. The minimum Gasteiger partial charge on any atom is -0.444 e. The molecular formula is C26H42BN5O5. The largest absolute Gasteiger partial charge is 0.498 e. The summed E-state index contributed by atoms with van der Waals surface area (Å²) in [7, 11) is -0.504. The Morgan fingerprint density at radius 1 is 1.11 bits per heavy atom. The monoisotopic (exact) mass is 515 g/mol. The second kappa shape index (κ2) is 10.1. The van der Waals surface area contributed by atoms with Crippen molar-refractivity contribution in [3.8, 4) is 0 Å². The van der Waals surface area contributed by atoms with E-state index in [1.54, 1.807) is 40.1 Å². The molecule has 3 aliphatic rings. The number of hydrogen-bond acceptors (Lipinski definition) is 8. The van der Waals surface area contributed by atoms with E-state index in [4.69, 9.17) is 24.0 Å². The molecule has 11 heteroatoms. The fourth-order valence-electron chi connectivity index (χ4n) is 4.74. The molecule has 1 aromatic heterocycles. The summed E-state index contributed by atoms with van der Waals surface area (Å²) in [5.41, 5.74) is -0.680. The highest BCUT2D eigenvalue weighted by atomic mass is 16.7. The second-order valence-electron chi connectivity index (χ2n) is 12.5. The van der Waals surface area contributed by atoms with Gasteiger partial charge in [-0.1, -0.05) is 0 Å². The number of rotatable bonds is 6. The quantitative estimate of drug-likeness (QED) is 0.577. The molecule has 2 saturated heterocycles. The normalized spacial score (nSPS) is 23.9. The Morgan fingerprint density at radius 2 is 1.70 bits per heavy atom. The molecule has 1 aliphatic carbocycles. The van der Waals surface area contributed by atoms with Crippen molar-refractivity contribution in [3.05, 3.63) is 12.4 Å². The van der Waals surface area contributed by atoms with Crippen LogP contribution in [0.4, 0.5) is 10.7 Å². The van der Waals surface area contributed by atoms with Crippen molar-refractivity contribution in [1.29, 1.82) is 0 Å². The van der Waals surface area contributed by atoms with Gasteiger partial charge in [-0.05, 0) is 81.1 Å². The molecule has 2 amide bonds. The van der Waals surface area contributed by atoms with Gasteiger partial charge in [0.2, 0.25) is 11.9 Å². The molecule has 10 nitrogen and oxygen atoms in total. The van der Waals surface area contributed by atoms with Crippen LogP contribution in [0.1, 0.15) is 81.1 Å². The fourth-order valence-corrected chi connectivity index (χ4v) is 4.74. The molecule has 0 bridgehead atoms. The highest BCUT2D eigenvalue weighted by Crippen LogP contribution is 2.37. The third kappa shape index (κ3) is 6.37. The topological polar surface area (TPSA) is 106 Å². The van der Waals surface area contributed by atoms with Crippen molar-refractivity contribution in [3.63, 3.8) is 0 Å². The maximum atomic E-state index is 13.2. The number of ether oxygens (including phenoxy) is 1. The van der Waals surface area contributed by atoms with E-state index < -0.39 is 36.1 Å². The Balaban J connectivity index is 1.41. The Bertz CT molecular complexity index is 976.